The van der Waals surface area contributed by atoms with E-state index >= 15 is 0 Å². The molecule has 0 unspecified atom stereocenters. The topological polar surface area (TPSA) is 63.5 Å². The van der Waals surface area contributed by atoms with Crippen LogP contribution < -0.4 is 4.72 Å². The van der Waals surface area contributed by atoms with E-state index < -0.39 is 10.0 Å². The summed E-state index contributed by atoms with van der Waals surface area (Å²) in [6.45, 7) is 2.12. The van der Waals surface area contributed by atoms with Crippen molar-refractivity contribution in [1.82, 2.24) is 14.1 Å². The Morgan fingerprint density at radius 2 is 2.09 bits per heavy atom. The van der Waals surface area contributed by atoms with Crippen LogP contribution in [0.5, 0.6) is 0 Å². The average Bonchev–Trinajstić information content (AvgIpc) is 2.89. The highest BCUT2D eigenvalue weighted by molar-refractivity contribution is 7.89. The zero-order valence-corrected chi connectivity index (χ0v) is 14.1. The SMILES string of the molecule is Cc1ccc(S(=O)(=O)NCCc2cn3ccccc3n2)c(Cl)c1. The number of pyridine rings is 1. The van der Waals surface area contributed by atoms with Gasteiger partial charge in [0.2, 0.25) is 10.0 Å². The highest BCUT2D eigenvalue weighted by Gasteiger charge is 2.17. The standard InChI is InChI=1S/C16H16ClN3O2S/c1-12-5-6-15(14(17)10-12)23(21,22)18-8-7-13-11-20-9-3-2-4-16(20)19-13/h2-6,9-11,18H,7-8H2,1H3. The van der Waals surface area contributed by atoms with Crippen molar-refractivity contribution in [3.8, 4) is 0 Å². The summed E-state index contributed by atoms with van der Waals surface area (Å²) >= 11 is 6.03. The second-order valence-corrected chi connectivity index (χ2v) is 7.42. The minimum absolute atomic E-state index is 0.0970. The van der Waals surface area contributed by atoms with E-state index in [9.17, 15) is 8.42 Å². The van der Waals surface area contributed by atoms with Crippen molar-refractivity contribution in [2.75, 3.05) is 6.54 Å². The summed E-state index contributed by atoms with van der Waals surface area (Å²) in [7, 11) is -3.62. The summed E-state index contributed by atoms with van der Waals surface area (Å²) in [5.74, 6) is 0. The van der Waals surface area contributed by atoms with Crippen LogP contribution in [-0.4, -0.2) is 24.3 Å². The Bertz CT molecular complexity index is 918. The van der Waals surface area contributed by atoms with E-state index in [1.54, 1.807) is 12.1 Å². The van der Waals surface area contributed by atoms with E-state index in [2.05, 4.69) is 9.71 Å². The van der Waals surface area contributed by atoms with Crippen LogP contribution in [0.15, 0.2) is 53.7 Å². The minimum atomic E-state index is -3.62. The number of nitrogens with zero attached hydrogens (tertiary/aromatic N) is 2. The lowest BCUT2D eigenvalue weighted by Crippen LogP contribution is -2.26. The molecule has 2 heterocycles. The van der Waals surface area contributed by atoms with Crippen LogP contribution in [0.3, 0.4) is 0 Å². The number of rotatable bonds is 5. The van der Waals surface area contributed by atoms with E-state index in [1.807, 2.05) is 41.9 Å². The van der Waals surface area contributed by atoms with Gasteiger partial charge in [0, 0.05) is 25.4 Å². The molecule has 0 aliphatic carbocycles. The quantitative estimate of drug-likeness (QED) is 0.770. The van der Waals surface area contributed by atoms with Crippen molar-refractivity contribution >= 4 is 27.3 Å². The number of halogens is 1. The lowest BCUT2D eigenvalue weighted by Gasteiger charge is -2.08. The molecular formula is C16H16ClN3O2S. The number of imidazole rings is 1. The summed E-state index contributed by atoms with van der Waals surface area (Å²) in [4.78, 5) is 4.53. The summed E-state index contributed by atoms with van der Waals surface area (Å²) in [5, 5.41) is 0.227. The Morgan fingerprint density at radius 1 is 1.26 bits per heavy atom. The molecule has 1 aromatic carbocycles. The van der Waals surface area contributed by atoms with Crippen molar-refractivity contribution in [3.63, 3.8) is 0 Å². The molecule has 0 atom stereocenters. The summed E-state index contributed by atoms with van der Waals surface area (Å²) in [5.41, 5.74) is 2.58. The van der Waals surface area contributed by atoms with Crippen molar-refractivity contribution in [1.29, 1.82) is 0 Å². The van der Waals surface area contributed by atoms with Crippen LogP contribution in [0, 0.1) is 6.92 Å². The van der Waals surface area contributed by atoms with Gasteiger partial charge < -0.3 is 4.40 Å². The molecule has 3 aromatic rings. The molecule has 23 heavy (non-hydrogen) atoms. The number of hydrogen-bond donors (Lipinski definition) is 1. The minimum Gasteiger partial charge on any atom is -0.307 e. The lowest BCUT2D eigenvalue weighted by atomic mass is 10.2. The van der Waals surface area contributed by atoms with E-state index in [0.29, 0.717) is 6.42 Å². The summed E-state index contributed by atoms with van der Waals surface area (Å²) in [6.07, 6.45) is 4.30. The number of hydrogen-bond acceptors (Lipinski definition) is 3. The fourth-order valence-corrected chi connectivity index (χ4v) is 3.95. The zero-order valence-electron chi connectivity index (χ0n) is 12.5. The third kappa shape index (κ3) is 3.55. The highest BCUT2D eigenvalue weighted by atomic mass is 35.5. The molecule has 1 N–H and O–H groups in total. The number of fused-ring (bicyclic) bond motifs is 1. The zero-order chi connectivity index (χ0) is 16.4. The summed E-state index contributed by atoms with van der Waals surface area (Å²) in [6, 6.07) is 10.6. The van der Waals surface area contributed by atoms with Gasteiger partial charge in [0.1, 0.15) is 10.5 Å². The first-order valence-corrected chi connectivity index (χ1v) is 9.00. The first kappa shape index (κ1) is 16.0. The molecule has 2 aromatic heterocycles. The Balaban J connectivity index is 1.69. The molecule has 0 saturated carbocycles. The Morgan fingerprint density at radius 3 is 2.83 bits per heavy atom. The van der Waals surface area contributed by atoms with Crippen molar-refractivity contribution in [2.45, 2.75) is 18.2 Å². The van der Waals surface area contributed by atoms with E-state index in [4.69, 9.17) is 11.6 Å². The molecule has 0 saturated heterocycles. The smallest absolute Gasteiger partial charge is 0.242 e. The molecule has 120 valence electrons. The van der Waals surface area contributed by atoms with Gasteiger partial charge in [0.15, 0.2) is 0 Å². The first-order chi connectivity index (χ1) is 11.0. The molecule has 7 heteroatoms. The summed E-state index contributed by atoms with van der Waals surface area (Å²) < 4.78 is 29.1. The number of aryl methyl sites for hydroxylation is 1. The Kier molecular flexibility index (Phi) is 4.39. The molecule has 5 nitrogen and oxygen atoms in total. The van der Waals surface area contributed by atoms with Gasteiger partial charge in [-0.3, -0.25) is 0 Å². The molecule has 3 rings (SSSR count). The fourth-order valence-electron chi connectivity index (χ4n) is 2.32. The van der Waals surface area contributed by atoms with Crippen LogP contribution in [0.25, 0.3) is 5.65 Å². The van der Waals surface area contributed by atoms with Crippen LogP contribution in [0.4, 0.5) is 0 Å². The van der Waals surface area contributed by atoms with Crippen LogP contribution in [-0.2, 0) is 16.4 Å². The monoisotopic (exact) mass is 349 g/mol. The molecular weight excluding hydrogens is 334 g/mol. The number of sulfonamides is 1. The van der Waals surface area contributed by atoms with Gasteiger partial charge in [-0.1, -0.05) is 23.7 Å². The second-order valence-electron chi connectivity index (χ2n) is 5.28. The predicted octanol–water partition coefficient (Wildman–Crippen LogP) is 2.82. The van der Waals surface area contributed by atoms with Crippen molar-refractivity contribution in [2.24, 2.45) is 0 Å². The Labute approximate surface area is 140 Å². The second kappa shape index (κ2) is 6.31. The van der Waals surface area contributed by atoms with E-state index in [1.165, 1.54) is 6.07 Å². The maximum atomic E-state index is 12.3. The molecule has 0 fully saturated rings. The Hall–Kier alpha value is -1.89. The van der Waals surface area contributed by atoms with Gasteiger partial charge >= 0.3 is 0 Å². The van der Waals surface area contributed by atoms with Crippen molar-refractivity contribution < 1.29 is 8.42 Å². The van der Waals surface area contributed by atoms with Gasteiger partial charge in [0.05, 0.1) is 10.7 Å². The lowest BCUT2D eigenvalue weighted by molar-refractivity contribution is 0.581. The van der Waals surface area contributed by atoms with E-state index in [0.717, 1.165) is 16.9 Å². The number of benzene rings is 1. The predicted molar refractivity (Wildman–Crippen MR) is 90.3 cm³/mol. The molecule has 0 aliphatic rings. The number of aromatic nitrogens is 2. The normalized spacial score (nSPS) is 11.9. The van der Waals surface area contributed by atoms with Gasteiger partial charge in [-0.25, -0.2) is 18.1 Å². The van der Waals surface area contributed by atoms with Crippen LogP contribution in [0.2, 0.25) is 5.02 Å². The van der Waals surface area contributed by atoms with Gasteiger partial charge in [-0.2, -0.15) is 0 Å². The fraction of sp³-hybridized carbons (Fsp3) is 0.188. The molecule has 0 aliphatic heterocycles. The molecule has 0 radical (unpaired) electrons. The largest absolute Gasteiger partial charge is 0.307 e. The van der Waals surface area contributed by atoms with Gasteiger partial charge in [0.25, 0.3) is 0 Å². The number of nitrogens with one attached hydrogen (secondary N) is 1. The maximum Gasteiger partial charge on any atom is 0.242 e. The average molecular weight is 350 g/mol. The third-order valence-corrected chi connectivity index (χ3v) is 5.41. The van der Waals surface area contributed by atoms with Gasteiger partial charge in [-0.15, -0.1) is 0 Å². The van der Waals surface area contributed by atoms with Crippen molar-refractivity contribution in [3.05, 3.63) is 65.1 Å². The van der Waals surface area contributed by atoms with Crippen LogP contribution >= 0.6 is 11.6 Å². The highest BCUT2D eigenvalue weighted by Crippen LogP contribution is 2.22. The maximum absolute atomic E-state index is 12.3. The van der Waals surface area contributed by atoms with E-state index in [-0.39, 0.29) is 16.5 Å². The third-order valence-electron chi connectivity index (χ3n) is 3.46. The van der Waals surface area contributed by atoms with Gasteiger partial charge in [-0.05, 0) is 36.8 Å². The first-order valence-electron chi connectivity index (χ1n) is 7.14. The van der Waals surface area contributed by atoms with Crippen LogP contribution in [0.1, 0.15) is 11.3 Å². The molecule has 0 bridgehead atoms. The molecule has 0 amide bonds. The molecule has 0 spiro atoms.